The molecule has 0 spiro atoms. The van der Waals surface area contributed by atoms with Gasteiger partial charge < -0.3 is 15.1 Å². The zero-order chi connectivity index (χ0) is 15.3. The smallest absolute Gasteiger partial charge is 0.0243 e. The topological polar surface area (TPSA) is 18.5 Å². The Morgan fingerprint density at radius 2 is 1.62 bits per heavy atom. The second-order valence-electron chi connectivity index (χ2n) is 8.23. The van der Waals surface area contributed by atoms with Crippen molar-refractivity contribution in [3.63, 3.8) is 0 Å². The van der Waals surface area contributed by atoms with Gasteiger partial charge in [0.05, 0.1) is 0 Å². The number of nitrogens with zero attached hydrogens (tertiary/aromatic N) is 2. The molecule has 2 aliphatic rings. The largest absolute Gasteiger partial charge is 0.312 e. The first-order chi connectivity index (χ1) is 9.99. The van der Waals surface area contributed by atoms with Gasteiger partial charge in [0.1, 0.15) is 0 Å². The van der Waals surface area contributed by atoms with Crippen LogP contribution in [0.2, 0.25) is 0 Å². The summed E-state index contributed by atoms with van der Waals surface area (Å²) in [5.41, 5.74) is 0.350. The summed E-state index contributed by atoms with van der Waals surface area (Å²) in [6.45, 7) is 18.3. The van der Waals surface area contributed by atoms with Crippen molar-refractivity contribution in [2.75, 3.05) is 45.8 Å². The van der Waals surface area contributed by atoms with E-state index in [-0.39, 0.29) is 0 Å². The molecule has 0 aliphatic carbocycles. The van der Waals surface area contributed by atoms with E-state index >= 15 is 0 Å². The summed E-state index contributed by atoms with van der Waals surface area (Å²) in [5.74, 6) is 0.951. The molecule has 0 radical (unpaired) electrons. The van der Waals surface area contributed by atoms with Gasteiger partial charge in [0.2, 0.25) is 0 Å². The van der Waals surface area contributed by atoms with Crippen LogP contribution in [-0.2, 0) is 0 Å². The van der Waals surface area contributed by atoms with Crippen LogP contribution in [0.25, 0.3) is 0 Å². The highest BCUT2D eigenvalue weighted by molar-refractivity contribution is 4.85. The maximum atomic E-state index is 3.69. The zero-order valence-corrected chi connectivity index (χ0v) is 14.8. The Hall–Kier alpha value is -0.120. The predicted molar refractivity (Wildman–Crippen MR) is 91.8 cm³/mol. The molecule has 0 aromatic heterocycles. The molecule has 2 heterocycles. The Bertz CT molecular complexity index is 283. The number of likely N-dealkylation sites (N-methyl/N-ethyl adjacent to an activating group) is 1. The van der Waals surface area contributed by atoms with Crippen LogP contribution in [0.4, 0.5) is 0 Å². The van der Waals surface area contributed by atoms with Gasteiger partial charge in [-0.05, 0) is 69.7 Å². The van der Waals surface area contributed by atoms with E-state index in [1.807, 2.05) is 0 Å². The van der Waals surface area contributed by atoms with Gasteiger partial charge in [-0.25, -0.2) is 0 Å². The highest BCUT2D eigenvalue weighted by Crippen LogP contribution is 2.24. The highest BCUT2D eigenvalue weighted by Gasteiger charge is 2.28. The lowest BCUT2D eigenvalue weighted by Gasteiger charge is -2.39. The lowest BCUT2D eigenvalue weighted by atomic mass is 9.85. The molecule has 2 fully saturated rings. The summed E-state index contributed by atoms with van der Waals surface area (Å²) < 4.78 is 0. The second kappa shape index (κ2) is 7.94. The first-order valence-corrected chi connectivity index (χ1v) is 9.17. The third-order valence-electron chi connectivity index (χ3n) is 5.36. The van der Waals surface area contributed by atoms with Crippen molar-refractivity contribution < 1.29 is 0 Å². The van der Waals surface area contributed by atoms with Gasteiger partial charge in [-0.2, -0.15) is 0 Å². The van der Waals surface area contributed by atoms with Gasteiger partial charge in [-0.1, -0.05) is 27.7 Å². The molecule has 0 bridgehead atoms. The van der Waals surface area contributed by atoms with Crippen molar-refractivity contribution in [3.8, 4) is 0 Å². The molecule has 0 aromatic rings. The number of hydrogen-bond acceptors (Lipinski definition) is 3. The minimum absolute atomic E-state index is 0.350. The Labute approximate surface area is 132 Å². The third-order valence-corrected chi connectivity index (χ3v) is 5.36. The Morgan fingerprint density at radius 1 is 1.00 bits per heavy atom. The van der Waals surface area contributed by atoms with E-state index in [4.69, 9.17) is 0 Å². The highest BCUT2D eigenvalue weighted by atomic mass is 15.2. The van der Waals surface area contributed by atoms with Crippen LogP contribution in [-0.4, -0.2) is 61.7 Å². The fourth-order valence-corrected chi connectivity index (χ4v) is 3.83. The molecule has 1 unspecified atom stereocenters. The second-order valence-corrected chi connectivity index (χ2v) is 8.23. The van der Waals surface area contributed by atoms with E-state index in [0.29, 0.717) is 11.5 Å². The van der Waals surface area contributed by atoms with Crippen molar-refractivity contribution >= 4 is 0 Å². The minimum Gasteiger partial charge on any atom is -0.312 e. The lowest BCUT2D eigenvalue weighted by molar-refractivity contribution is 0.119. The van der Waals surface area contributed by atoms with Gasteiger partial charge in [-0.3, -0.25) is 0 Å². The monoisotopic (exact) mass is 295 g/mol. The quantitative estimate of drug-likeness (QED) is 0.813. The van der Waals surface area contributed by atoms with Crippen molar-refractivity contribution in [2.45, 2.75) is 59.4 Å². The first-order valence-electron chi connectivity index (χ1n) is 9.17. The summed E-state index contributed by atoms with van der Waals surface area (Å²) in [6.07, 6.45) is 5.66. The number of hydrogen-bond donors (Lipinski definition) is 1. The molecule has 0 aromatic carbocycles. The number of rotatable bonds is 6. The zero-order valence-electron chi connectivity index (χ0n) is 14.8. The lowest BCUT2D eigenvalue weighted by Crippen LogP contribution is -2.50. The molecule has 124 valence electrons. The van der Waals surface area contributed by atoms with E-state index in [9.17, 15) is 0 Å². The molecular formula is C18H37N3. The maximum Gasteiger partial charge on any atom is 0.0243 e. The molecule has 1 atom stereocenters. The van der Waals surface area contributed by atoms with Gasteiger partial charge in [-0.15, -0.1) is 0 Å². The van der Waals surface area contributed by atoms with Crippen LogP contribution >= 0.6 is 0 Å². The number of piperidine rings is 1. The molecule has 2 rings (SSSR count). The maximum absolute atomic E-state index is 3.69. The van der Waals surface area contributed by atoms with E-state index < -0.39 is 0 Å². The van der Waals surface area contributed by atoms with E-state index in [1.165, 1.54) is 65.0 Å². The van der Waals surface area contributed by atoms with E-state index in [1.54, 1.807) is 0 Å². The van der Waals surface area contributed by atoms with Crippen LogP contribution in [0.3, 0.4) is 0 Å². The predicted octanol–water partition coefficient (Wildman–Crippen LogP) is 2.82. The average molecular weight is 296 g/mol. The Balaban J connectivity index is 1.72. The normalized spacial score (nSPS) is 24.6. The SMILES string of the molecule is CCNC(CN1CCC(CN2CCCC2)CC1)C(C)(C)C. The molecule has 1 N–H and O–H groups in total. The van der Waals surface area contributed by atoms with Crippen molar-refractivity contribution in [3.05, 3.63) is 0 Å². The fourth-order valence-electron chi connectivity index (χ4n) is 3.83. The van der Waals surface area contributed by atoms with Crippen LogP contribution in [0, 0.1) is 11.3 Å². The van der Waals surface area contributed by atoms with Crippen molar-refractivity contribution in [1.82, 2.24) is 15.1 Å². The molecule has 0 amide bonds. The molecule has 2 saturated heterocycles. The standard InChI is InChI=1S/C18H37N3/c1-5-19-17(18(2,3)4)15-21-12-8-16(9-13-21)14-20-10-6-7-11-20/h16-17,19H,5-15H2,1-4H3. The van der Waals surface area contributed by atoms with Crippen LogP contribution in [0.1, 0.15) is 53.4 Å². The molecule has 0 saturated carbocycles. The fraction of sp³-hybridized carbons (Fsp3) is 1.00. The van der Waals surface area contributed by atoms with Gasteiger partial charge in [0.25, 0.3) is 0 Å². The van der Waals surface area contributed by atoms with Gasteiger partial charge in [0.15, 0.2) is 0 Å². The average Bonchev–Trinajstić information content (AvgIpc) is 2.92. The van der Waals surface area contributed by atoms with Crippen LogP contribution in [0.15, 0.2) is 0 Å². The Morgan fingerprint density at radius 3 is 2.14 bits per heavy atom. The Kier molecular flexibility index (Phi) is 6.51. The van der Waals surface area contributed by atoms with E-state index in [2.05, 4.69) is 42.8 Å². The summed E-state index contributed by atoms with van der Waals surface area (Å²) in [6, 6.07) is 0.609. The summed E-state index contributed by atoms with van der Waals surface area (Å²) in [7, 11) is 0. The summed E-state index contributed by atoms with van der Waals surface area (Å²) in [4.78, 5) is 5.38. The molecule has 2 aliphatic heterocycles. The summed E-state index contributed by atoms with van der Waals surface area (Å²) in [5, 5.41) is 3.69. The number of likely N-dealkylation sites (tertiary alicyclic amines) is 2. The summed E-state index contributed by atoms with van der Waals surface area (Å²) >= 11 is 0. The van der Waals surface area contributed by atoms with Gasteiger partial charge >= 0.3 is 0 Å². The molecular weight excluding hydrogens is 258 g/mol. The van der Waals surface area contributed by atoms with Gasteiger partial charge in [0, 0.05) is 19.1 Å². The minimum atomic E-state index is 0.350. The van der Waals surface area contributed by atoms with Crippen molar-refractivity contribution in [1.29, 1.82) is 0 Å². The molecule has 3 nitrogen and oxygen atoms in total. The van der Waals surface area contributed by atoms with Crippen LogP contribution in [0.5, 0.6) is 0 Å². The third kappa shape index (κ3) is 5.54. The number of nitrogens with one attached hydrogen (secondary N) is 1. The van der Waals surface area contributed by atoms with E-state index in [0.717, 1.165) is 12.5 Å². The first kappa shape index (κ1) is 17.2. The van der Waals surface area contributed by atoms with Crippen molar-refractivity contribution in [2.24, 2.45) is 11.3 Å². The van der Waals surface area contributed by atoms with Crippen LogP contribution < -0.4 is 5.32 Å². The molecule has 21 heavy (non-hydrogen) atoms. The molecule has 3 heteroatoms.